The highest BCUT2D eigenvalue weighted by molar-refractivity contribution is 6.31. The maximum atomic E-state index is 13.1. The number of pyridine rings is 1. The van der Waals surface area contributed by atoms with Gasteiger partial charge in [0.25, 0.3) is 0 Å². The van der Waals surface area contributed by atoms with Gasteiger partial charge in [0, 0.05) is 25.0 Å². The number of hydrogen-bond acceptors (Lipinski definition) is 2. The fourth-order valence-corrected chi connectivity index (χ4v) is 3.04. The molecule has 1 aliphatic rings. The predicted octanol–water partition coefficient (Wildman–Crippen LogP) is 4.46. The summed E-state index contributed by atoms with van der Waals surface area (Å²) in [6, 6.07) is 9.13. The molecule has 0 aliphatic heterocycles. The maximum absolute atomic E-state index is 13.1. The molecule has 1 fully saturated rings. The molecular weight excluding hydrogens is 287 g/mol. The number of benzene rings is 1. The molecule has 2 aromatic rings. The molecule has 0 saturated heterocycles. The van der Waals surface area contributed by atoms with Gasteiger partial charge in [-0.05, 0) is 55.1 Å². The average Bonchev–Trinajstić information content (AvgIpc) is 3.29. The van der Waals surface area contributed by atoms with Crippen LogP contribution >= 0.6 is 11.6 Å². The van der Waals surface area contributed by atoms with Gasteiger partial charge in [-0.15, -0.1) is 0 Å². The Kier molecular flexibility index (Phi) is 4.22. The van der Waals surface area contributed by atoms with Crippen LogP contribution in [0.1, 0.15) is 30.0 Å². The molecule has 1 aromatic heterocycles. The Morgan fingerprint density at radius 3 is 2.62 bits per heavy atom. The van der Waals surface area contributed by atoms with Crippen LogP contribution in [0.4, 0.5) is 4.39 Å². The van der Waals surface area contributed by atoms with Crippen molar-refractivity contribution >= 4 is 11.6 Å². The van der Waals surface area contributed by atoms with E-state index in [1.54, 1.807) is 12.4 Å². The minimum absolute atomic E-state index is 0.187. The third-order valence-electron chi connectivity index (χ3n) is 4.03. The fourth-order valence-electron chi connectivity index (χ4n) is 2.86. The molecule has 21 heavy (non-hydrogen) atoms. The summed E-state index contributed by atoms with van der Waals surface area (Å²) in [5.74, 6) is 0.467. The molecule has 1 heterocycles. The lowest BCUT2D eigenvalue weighted by atomic mass is 10.0. The van der Waals surface area contributed by atoms with Gasteiger partial charge in [-0.1, -0.05) is 23.7 Å². The van der Waals surface area contributed by atoms with E-state index in [1.807, 2.05) is 18.2 Å². The van der Waals surface area contributed by atoms with Crippen LogP contribution in [-0.2, 0) is 6.54 Å². The lowest BCUT2D eigenvalue weighted by Crippen LogP contribution is -2.26. The monoisotopic (exact) mass is 304 g/mol. The highest BCUT2D eigenvalue weighted by atomic mass is 35.5. The van der Waals surface area contributed by atoms with Crippen LogP contribution in [0.15, 0.2) is 42.7 Å². The van der Waals surface area contributed by atoms with Crippen LogP contribution in [0.5, 0.6) is 0 Å². The van der Waals surface area contributed by atoms with Crippen LogP contribution in [0.3, 0.4) is 0 Å². The molecule has 1 atom stereocenters. The SMILES string of the molecule is CN(Cc1ccncc1Cl)[C@@H](c1ccc(F)cc1)C1CC1. The zero-order chi connectivity index (χ0) is 14.8. The first kappa shape index (κ1) is 14.5. The lowest BCUT2D eigenvalue weighted by molar-refractivity contribution is 0.212. The second kappa shape index (κ2) is 6.12. The maximum Gasteiger partial charge on any atom is 0.123 e. The van der Waals surface area contributed by atoms with E-state index < -0.39 is 0 Å². The van der Waals surface area contributed by atoms with Crippen molar-refractivity contribution in [3.05, 3.63) is 64.7 Å². The molecule has 3 rings (SSSR count). The van der Waals surface area contributed by atoms with Crippen molar-refractivity contribution in [1.82, 2.24) is 9.88 Å². The Morgan fingerprint density at radius 2 is 2.00 bits per heavy atom. The Balaban J connectivity index is 1.81. The van der Waals surface area contributed by atoms with Crippen molar-refractivity contribution in [2.24, 2.45) is 5.92 Å². The minimum atomic E-state index is -0.187. The molecule has 0 N–H and O–H groups in total. The van der Waals surface area contributed by atoms with Gasteiger partial charge >= 0.3 is 0 Å². The molecule has 0 unspecified atom stereocenters. The first-order chi connectivity index (χ1) is 10.1. The summed E-state index contributed by atoms with van der Waals surface area (Å²) in [5.41, 5.74) is 2.24. The molecule has 4 heteroatoms. The Morgan fingerprint density at radius 1 is 1.29 bits per heavy atom. The molecule has 0 radical (unpaired) electrons. The number of hydrogen-bond donors (Lipinski definition) is 0. The number of halogens is 2. The van der Waals surface area contributed by atoms with E-state index >= 15 is 0 Å². The topological polar surface area (TPSA) is 16.1 Å². The predicted molar refractivity (Wildman–Crippen MR) is 82.6 cm³/mol. The Bertz CT molecular complexity index is 610. The van der Waals surface area contributed by atoms with Gasteiger partial charge < -0.3 is 0 Å². The van der Waals surface area contributed by atoms with Crippen LogP contribution in [0, 0.1) is 11.7 Å². The largest absolute Gasteiger partial charge is 0.295 e. The van der Waals surface area contributed by atoms with Crippen LogP contribution < -0.4 is 0 Å². The van der Waals surface area contributed by atoms with Gasteiger partial charge in [-0.2, -0.15) is 0 Å². The molecule has 110 valence electrons. The zero-order valence-electron chi connectivity index (χ0n) is 12.0. The van der Waals surface area contributed by atoms with Crippen molar-refractivity contribution in [3.63, 3.8) is 0 Å². The lowest BCUT2D eigenvalue weighted by Gasteiger charge is -2.29. The van der Waals surface area contributed by atoms with E-state index in [4.69, 9.17) is 11.6 Å². The summed E-state index contributed by atoms with van der Waals surface area (Å²) in [5, 5.41) is 0.693. The third-order valence-corrected chi connectivity index (χ3v) is 4.37. The van der Waals surface area contributed by atoms with E-state index in [0.29, 0.717) is 17.0 Å². The summed E-state index contributed by atoms with van der Waals surface area (Å²) in [6.07, 6.45) is 5.90. The number of nitrogens with zero attached hydrogens (tertiary/aromatic N) is 2. The quantitative estimate of drug-likeness (QED) is 0.811. The highest BCUT2D eigenvalue weighted by Gasteiger charge is 2.35. The van der Waals surface area contributed by atoms with Crippen molar-refractivity contribution in [1.29, 1.82) is 0 Å². The summed E-state index contributed by atoms with van der Waals surface area (Å²) in [7, 11) is 2.10. The van der Waals surface area contributed by atoms with E-state index in [2.05, 4.69) is 16.9 Å². The molecule has 0 bridgehead atoms. The summed E-state index contributed by atoms with van der Waals surface area (Å²) < 4.78 is 13.1. The van der Waals surface area contributed by atoms with E-state index in [0.717, 1.165) is 12.1 Å². The van der Waals surface area contributed by atoms with E-state index in [-0.39, 0.29) is 5.82 Å². The molecule has 0 spiro atoms. The summed E-state index contributed by atoms with van der Waals surface area (Å²) in [6.45, 7) is 0.764. The van der Waals surface area contributed by atoms with Crippen molar-refractivity contribution in [2.75, 3.05) is 7.05 Å². The third kappa shape index (κ3) is 3.42. The Hall–Kier alpha value is -1.45. The summed E-state index contributed by atoms with van der Waals surface area (Å²) >= 11 is 6.20. The summed E-state index contributed by atoms with van der Waals surface area (Å²) in [4.78, 5) is 6.32. The van der Waals surface area contributed by atoms with Gasteiger partial charge in [-0.25, -0.2) is 4.39 Å². The number of aromatic nitrogens is 1. The van der Waals surface area contributed by atoms with Gasteiger partial charge in [0.1, 0.15) is 5.82 Å². The fraction of sp³-hybridized carbons (Fsp3) is 0.353. The van der Waals surface area contributed by atoms with Crippen LogP contribution in [0.2, 0.25) is 5.02 Å². The molecule has 0 amide bonds. The van der Waals surface area contributed by atoms with Crippen LogP contribution in [-0.4, -0.2) is 16.9 Å². The molecule has 1 saturated carbocycles. The van der Waals surface area contributed by atoms with Gasteiger partial charge in [0.15, 0.2) is 0 Å². The molecule has 1 aromatic carbocycles. The molecule has 1 aliphatic carbocycles. The second-order valence-corrected chi connectivity index (χ2v) is 6.12. The average molecular weight is 305 g/mol. The van der Waals surface area contributed by atoms with Crippen molar-refractivity contribution in [2.45, 2.75) is 25.4 Å². The van der Waals surface area contributed by atoms with E-state index in [9.17, 15) is 4.39 Å². The zero-order valence-corrected chi connectivity index (χ0v) is 12.7. The number of rotatable bonds is 5. The van der Waals surface area contributed by atoms with Crippen LogP contribution in [0.25, 0.3) is 0 Å². The first-order valence-electron chi connectivity index (χ1n) is 7.19. The second-order valence-electron chi connectivity index (χ2n) is 5.72. The smallest absolute Gasteiger partial charge is 0.123 e. The first-order valence-corrected chi connectivity index (χ1v) is 7.57. The van der Waals surface area contributed by atoms with Gasteiger partial charge in [0.05, 0.1) is 5.02 Å². The normalized spacial score (nSPS) is 16.2. The Labute approximate surface area is 129 Å². The molecular formula is C17H18ClFN2. The van der Waals surface area contributed by atoms with Crippen molar-refractivity contribution in [3.8, 4) is 0 Å². The van der Waals surface area contributed by atoms with Gasteiger partial charge in [-0.3, -0.25) is 9.88 Å². The standard InChI is InChI=1S/C17H18ClFN2/c1-21(11-14-8-9-20-10-16(14)18)17(12-2-3-12)13-4-6-15(19)7-5-13/h4-10,12,17H,2-3,11H2,1H3/t17-/m1/s1. The minimum Gasteiger partial charge on any atom is -0.295 e. The highest BCUT2D eigenvalue weighted by Crippen LogP contribution is 2.44. The molecule has 2 nitrogen and oxygen atoms in total. The van der Waals surface area contributed by atoms with Crippen molar-refractivity contribution < 1.29 is 4.39 Å². The van der Waals surface area contributed by atoms with Gasteiger partial charge in [0.2, 0.25) is 0 Å². The van der Waals surface area contributed by atoms with E-state index in [1.165, 1.54) is 30.5 Å².